The fourth-order valence-electron chi connectivity index (χ4n) is 2.15. The zero-order valence-corrected chi connectivity index (χ0v) is 13.0. The first-order valence-corrected chi connectivity index (χ1v) is 7.58. The molecule has 24 heavy (non-hydrogen) atoms. The van der Waals surface area contributed by atoms with Crippen molar-refractivity contribution < 1.29 is 9.53 Å². The second-order valence-electron chi connectivity index (χ2n) is 5.17. The second kappa shape index (κ2) is 7.36. The molecule has 0 aliphatic heterocycles. The number of hydrogen-bond acceptors (Lipinski definition) is 5. The number of nitrogens with zero attached hydrogens (tertiary/aromatic N) is 4. The Labute approximate surface area is 139 Å². The molecule has 0 saturated heterocycles. The molecular weight excluding hydrogens is 306 g/mol. The Balaban J connectivity index is 1.52. The predicted octanol–water partition coefficient (Wildman–Crippen LogP) is 1.91. The molecule has 1 amide bonds. The number of amides is 1. The van der Waals surface area contributed by atoms with Crippen LogP contribution in [0.1, 0.15) is 16.8 Å². The number of hydrogen-bond donors (Lipinski definition) is 1. The van der Waals surface area contributed by atoms with E-state index in [0.717, 1.165) is 17.7 Å². The van der Waals surface area contributed by atoms with Crippen LogP contribution in [0.15, 0.2) is 54.6 Å². The van der Waals surface area contributed by atoms with Crippen molar-refractivity contribution in [3.8, 4) is 17.1 Å². The number of ether oxygens (including phenoxy) is 1. The van der Waals surface area contributed by atoms with Crippen LogP contribution in [0.3, 0.4) is 0 Å². The summed E-state index contributed by atoms with van der Waals surface area (Å²) in [4.78, 5) is 12.6. The van der Waals surface area contributed by atoms with Gasteiger partial charge in [-0.25, -0.2) is 0 Å². The van der Waals surface area contributed by atoms with Gasteiger partial charge >= 0.3 is 0 Å². The van der Waals surface area contributed by atoms with Gasteiger partial charge in [0.1, 0.15) is 5.75 Å². The smallest absolute Gasteiger partial charge is 0.248 e. The molecule has 0 unspecified atom stereocenters. The first-order valence-electron chi connectivity index (χ1n) is 7.58. The van der Waals surface area contributed by atoms with Crippen molar-refractivity contribution in [2.75, 3.05) is 6.61 Å². The van der Waals surface area contributed by atoms with Gasteiger partial charge in [0.2, 0.25) is 11.7 Å². The maximum Gasteiger partial charge on any atom is 0.248 e. The monoisotopic (exact) mass is 323 g/mol. The first-order chi connectivity index (χ1) is 11.7. The molecule has 7 nitrogen and oxygen atoms in total. The van der Waals surface area contributed by atoms with Crippen molar-refractivity contribution in [1.29, 1.82) is 0 Å². The minimum absolute atomic E-state index is 0.448. The van der Waals surface area contributed by atoms with E-state index in [1.165, 1.54) is 4.80 Å². The minimum atomic E-state index is -0.462. The summed E-state index contributed by atoms with van der Waals surface area (Å²) in [6.07, 6.45) is 0.769. The van der Waals surface area contributed by atoms with Crippen LogP contribution >= 0.6 is 0 Å². The van der Waals surface area contributed by atoms with Gasteiger partial charge in [-0.1, -0.05) is 30.3 Å². The lowest BCUT2D eigenvalue weighted by atomic mass is 10.1. The van der Waals surface area contributed by atoms with E-state index in [1.54, 1.807) is 24.3 Å². The molecule has 0 aliphatic rings. The highest BCUT2D eigenvalue weighted by atomic mass is 16.5. The van der Waals surface area contributed by atoms with Crippen molar-refractivity contribution in [2.24, 2.45) is 5.73 Å². The van der Waals surface area contributed by atoms with E-state index in [2.05, 4.69) is 15.4 Å². The number of primary amides is 1. The van der Waals surface area contributed by atoms with Crippen molar-refractivity contribution >= 4 is 5.91 Å². The van der Waals surface area contributed by atoms with E-state index >= 15 is 0 Å². The average molecular weight is 323 g/mol. The maximum absolute atomic E-state index is 11.1. The van der Waals surface area contributed by atoms with Crippen LogP contribution in [0.5, 0.6) is 5.75 Å². The molecule has 1 heterocycles. The van der Waals surface area contributed by atoms with E-state index in [0.29, 0.717) is 24.5 Å². The van der Waals surface area contributed by atoms with Crippen LogP contribution in [0.2, 0.25) is 0 Å². The average Bonchev–Trinajstić information content (AvgIpc) is 3.09. The molecule has 3 rings (SSSR count). The summed E-state index contributed by atoms with van der Waals surface area (Å²) in [5, 5.41) is 12.4. The zero-order valence-electron chi connectivity index (χ0n) is 13.0. The molecular formula is C17H17N5O2. The van der Waals surface area contributed by atoms with Crippen molar-refractivity contribution in [3.05, 3.63) is 60.2 Å². The van der Waals surface area contributed by atoms with Crippen LogP contribution in [0.25, 0.3) is 11.4 Å². The van der Waals surface area contributed by atoms with Gasteiger partial charge in [-0.2, -0.15) is 4.80 Å². The van der Waals surface area contributed by atoms with Gasteiger partial charge in [-0.05, 0) is 29.5 Å². The summed E-state index contributed by atoms with van der Waals surface area (Å²) in [6, 6.07) is 16.4. The molecule has 0 spiro atoms. The van der Waals surface area contributed by atoms with Crippen LogP contribution < -0.4 is 10.5 Å². The zero-order chi connectivity index (χ0) is 16.8. The lowest BCUT2D eigenvalue weighted by Crippen LogP contribution is -2.10. The number of carbonyl (C=O) groups is 1. The highest BCUT2D eigenvalue weighted by Crippen LogP contribution is 2.14. The molecule has 0 fully saturated rings. The van der Waals surface area contributed by atoms with Crippen LogP contribution in [-0.2, 0) is 6.54 Å². The molecule has 7 heteroatoms. The third-order valence-corrected chi connectivity index (χ3v) is 3.39. The molecule has 0 saturated carbocycles. The van der Waals surface area contributed by atoms with Gasteiger partial charge < -0.3 is 10.5 Å². The number of para-hydroxylation sites is 1. The largest absolute Gasteiger partial charge is 0.494 e. The van der Waals surface area contributed by atoms with Gasteiger partial charge in [-0.15, -0.1) is 10.2 Å². The van der Waals surface area contributed by atoms with E-state index in [1.807, 2.05) is 30.3 Å². The minimum Gasteiger partial charge on any atom is -0.494 e. The summed E-state index contributed by atoms with van der Waals surface area (Å²) < 4.78 is 5.62. The van der Waals surface area contributed by atoms with Crippen LogP contribution in [0, 0.1) is 0 Å². The molecule has 0 aliphatic carbocycles. The molecule has 0 atom stereocenters. The SMILES string of the molecule is NC(=O)c1ccc(-c2nnn(CCCOc3ccccc3)n2)cc1. The normalized spacial score (nSPS) is 10.5. The Bertz CT molecular complexity index is 799. The van der Waals surface area contributed by atoms with E-state index in [9.17, 15) is 4.79 Å². The molecule has 2 N–H and O–H groups in total. The van der Waals surface area contributed by atoms with E-state index < -0.39 is 5.91 Å². The van der Waals surface area contributed by atoms with Gasteiger partial charge in [-0.3, -0.25) is 4.79 Å². The van der Waals surface area contributed by atoms with Crippen LogP contribution in [-0.4, -0.2) is 32.7 Å². The van der Waals surface area contributed by atoms with E-state index in [4.69, 9.17) is 10.5 Å². The van der Waals surface area contributed by atoms with Gasteiger partial charge in [0.05, 0.1) is 13.2 Å². The predicted molar refractivity (Wildman–Crippen MR) is 88.3 cm³/mol. The number of aromatic nitrogens is 4. The van der Waals surface area contributed by atoms with Crippen molar-refractivity contribution in [1.82, 2.24) is 20.2 Å². The Kier molecular flexibility index (Phi) is 4.81. The Morgan fingerprint density at radius 2 is 1.83 bits per heavy atom. The Hall–Kier alpha value is -3.22. The van der Waals surface area contributed by atoms with Crippen LogP contribution in [0.4, 0.5) is 0 Å². The molecule has 2 aromatic carbocycles. The highest BCUT2D eigenvalue weighted by molar-refractivity contribution is 5.93. The maximum atomic E-state index is 11.1. The third kappa shape index (κ3) is 3.95. The number of tetrazole rings is 1. The number of nitrogens with two attached hydrogens (primary N) is 1. The molecule has 3 aromatic rings. The van der Waals surface area contributed by atoms with E-state index in [-0.39, 0.29) is 0 Å². The summed E-state index contributed by atoms with van der Waals surface area (Å²) in [7, 11) is 0. The Morgan fingerprint density at radius 1 is 1.08 bits per heavy atom. The quantitative estimate of drug-likeness (QED) is 0.670. The molecule has 122 valence electrons. The van der Waals surface area contributed by atoms with Gasteiger partial charge in [0, 0.05) is 17.5 Å². The number of rotatable bonds is 7. The fraction of sp³-hybridized carbons (Fsp3) is 0.176. The molecule has 0 bridgehead atoms. The first kappa shape index (κ1) is 15.7. The third-order valence-electron chi connectivity index (χ3n) is 3.39. The number of benzene rings is 2. The summed E-state index contributed by atoms with van der Waals surface area (Å²) in [6.45, 7) is 1.19. The summed E-state index contributed by atoms with van der Waals surface area (Å²) >= 11 is 0. The molecule has 1 aromatic heterocycles. The highest BCUT2D eigenvalue weighted by Gasteiger charge is 2.07. The number of aryl methyl sites for hydroxylation is 1. The summed E-state index contributed by atoms with van der Waals surface area (Å²) in [5.74, 6) is 0.894. The standard InChI is InChI=1S/C17H17N5O2/c18-16(23)13-7-9-14(10-8-13)17-19-21-22(20-17)11-4-12-24-15-5-2-1-3-6-15/h1-3,5-10H,4,11-12H2,(H2,18,23). The Morgan fingerprint density at radius 3 is 2.54 bits per heavy atom. The second-order valence-corrected chi connectivity index (χ2v) is 5.17. The fourth-order valence-corrected chi connectivity index (χ4v) is 2.15. The number of carbonyl (C=O) groups excluding carboxylic acids is 1. The van der Waals surface area contributed by atoms with Gasteiger partial charge in [0.15, 0.2) is 0 Å². The van der Waals surface area contributed by atoms with Gasteiger partial charge in [0.25, 0.3) is 0 Å². The molecule has 0 radical (unpaired) electrons. The summed E-state index contributed by atoms with van der Waals surface area (Å²) in [5.41, 5.74) is 6.45. The van der Waals surface area contributed by atoms with Crippen molar-refractivity contribution in [2.45, 2.75) is 13.0 Å². The lowest BCUT2D eigenvalue weighted by molar-refractivity contribution is 0.100. The topological polar surface area (TPSA) is 95.9 Å². The van der Waals surface area contributed by atoms with Crippen molar-refractivity contribution in [3.63, 3.8) is 0 Å². The lowest BCUT2D eigenvalue weighted by Gasteiger charge is -2.04.